The number of pyridine rings is 1. The number of fused-ring (bicyclic) bond motifs is 2. The highest BCUT2D eigenvalue weighted by Gasteiger charge is 2.34. The molecule has 0 saturated heterocycles. The topological polar surface area (TPSA) is 33.2 Å². The lowest BCUT2D eigenvalue weighted by molar-refractivity contribution is -0.114. The first-order valence-corrected chi connectivity index (χ1v) is 17.9. The molecular formula is C48H44N2O. The lowest BCUT2D eigenvalue weighted by atomic mass is 9.72. The van der Waals surface area contributed by atoms with E-state index in [0.29, 0.717) is 0 Å². The van der Waals surface area contributed by atoms with Gasteiger partial charge in [0.15, 0.2) is 5.78 Å². The summed E-state index contributed by atoms with van der Waals surface area (Å²) in [5.41, 5.74) is 8.76. The maximum absolute atomic E-state index is 13.7. The molecule has 3 heteroatoms. The van der Waals surface area contributed by atoms with Gasteiger partial charge in [-0.25, -0.2) is 0 Å². The fourth-order valence-electron chi connectivity index (χ4n) is 8.01. The Morgan fingerprint density at radius 1 is 0.549 bits per heavy atom. The SMILES string of the molecule is Cc1cc(N(c2ccccc2)c2ccc3c4ccc(C=C5C=C(C(C)(C)C)C(=O)C(C(C)(C)C)=C5)c5cccc(c6cccc2c63)c54)cc(C)n1. The lowest BCUT2D eigenvalue weighted by Crippen LogP contribution is -2.27. The van der Waals surface area contributed by atoms with Crippen LogP contribution in [0, 0.1) is 24.7 Å². The summed E-state index contributed by atoms with van der Waals surface area (Å²) in [4.78, 5) is 20.7. The number of rotatable bonds is 4. The van der Waals surface area contributed by atoms with Crippen LogP contribution in [0.2, 0.25) is 0 Å². The summed E-state index contributed by atoms with van der Waals surface area (Å²) in [5, 5.41) is 9.95. The summed E-state index contributed by atoms with van der Waals surface area (Å²) in [7, 11) is 0. The maximum Gasteiger partial charge on any atom is 0.186 e. The number of aromatic nitrogens is 1. The van der Waals surface area contributed by atoms with Crippen molar-refractivity contribution in [2.45, 2.75) is 55.4 Å². The van der Waals surface area contributed by atoms with E-state index in [1.807, 2.05) is 0 Å². The molecule has 1 aliphatic rings. The maximum atomic E-state index is 13.7. The molecule has 0 amide bonds. The van der Waals surface area contributed by atoms with Crippen molar-refractivity contribution in [3.8, 4) is 0 Å². The Bertz CT molecular complexity index is 2550. The second-order valence-electron chi connectivity index (χ2n) is 16.2. The predicted octanol–water partition coefficient (Wildman–Crippen LogP) is 13.1. The van der Waals surface area contributed by atoms with Crippen LogP contribution in [0.15, 0.2) is 132 Å². The third kappa shape index (κ3) is 5.52. The van der Waals surface area contributed by atoms with E-state index in [4.69, 9.17) is 0 Å². The van der Waals surface area contributed by atoms with E-state index in [-0.39, 0.29) is 16.6 Å². The second-order valence-corrected chi connectivity index (χ2v) is 16.2. The number of allylic oxidation sites excluding steroid dienone is 5. The minimum absolute atomic E-state index is 0.160. The number of hydrogen-bond acceptors (Lipinski definition) is 3. The zero-order valence-electron chi connectivity index (χ0n) is 30.8. The number of benzene rings is 6. The Balaban J connectivity index is 1.38. The Kier molecular flexibility index (Phi) is 7.54. The third-order valence-electron chi connectivity index (χ3n) is 10.3. The van der Waals surface area contributed by atoms with Crippen LogP contribution >= 0.6 is 0 Å². The predicted molar refractivity (Wildman–Crippen MR) is 218 cm³/mol. The zero-order valence-corrected chi connectivity index (χ0v) is 30.8. The van der Waals surface area contributed by atoms with Gasteiger partial charge in [0, 0.05) is 39.3 Å². The van der Waals surface area contributed by atoms with E-state index < -0.39 is 0 Å². The van der Waals surface area contributed by atoms with E-state index in [0.717, 1.165) is 50.7 Å². The highest BCUT2D eigenvalue weighted by molar-refractivity contribution is 6.34. The molecule has 1 aromatic heterocycles. The van der Waals surface area contributed by atoms with Gasteiger partial charge in [-0.15, -0.1) is 0 Å². The highest BCUT2D eigenvalue weighted by Crippen LogP contribution is 2.47. The summed E-state index contributed by atoms with van der Waals surface area (Å²) < 4.78 is 0. The number of hydrogen-bond donors (Lipinski definition) is 0. The summed E-state index contributed by atoms with van der Waals surface area (Å²) >= 11 is 0. The lowest BCUT2D eigenvalue weighted by Gasteiger charge is -2.31. The number of carbonyl (C=O) groups is 1. The summed E-state index contributed by atoms with van der Waals surface area (Å²) in [5.74, 6) is 0.160. The first-order chi connectivity index (χ1) is 24.3. The molecule has 8 rings (SSSR count). The Morgan fingerprint density at radius 3 is 1.65 bits per heavy atom. The minimum Gasteiger partial charge on any atom is -0.310 e. The van der Waals surface area contributed by atoms with Gasteiger partial charge in [0.1, 0.15) is 0 Å². The number of nitrogens with zero attached hydrogens (tertiary/aromatic N) is 2. The minimum atomic E-state index is -0.257. The summed E-state index contributed by atoms with van der Waals surface area (Å²) in [6.07, 6.45) is 6.48. The normalized spacial score (nSPS) is 14.1. The number of carbonyl (C=O) groups excluding carboxylic acids is 1. The molecule has 0 fully saturated rings. The van der Waals surface area contributed by atoms with E-state index in [2.05, 4.69) is 187 Å². The monoisotopic (exact) mass is 664 g/mol. The molecule has 1 aliphatic carbocycles. The number of anilines is 3. The largest absolute Gasteiger partial charge is 0.310 e. The molecule has 0 spiro atoms. The average molecular weight is 665 g/mol. The molecule has 0 saturated carbocycles. The quantitative estimate of drug-likeness (QED) is 0.139. The molecule has 6 aromatic carbocycles. The molecule has 3 nitrogen and oxygen atoms in total. The van der Waals surface area contributed by atoms with Crippen LogP contribution in [0.5, 0.6) is 0 Å². The Labute approximate surface area is 301 Å². The van der Waals surface area contributed by atoms with Gasteiger partial charge < -0.3 is 4.90 Å². The smallest absolute Gasteiger partial charge is 0.186 e. The molecule has 1 heterocycles. The van der Waals surface area contributed by atoms with Gasteiger partial charge in [0.05, 0.1) is 5.69 Å². The van der Waals surface area contributed by atoms with Gasteiger partial charge in [-0.2, -0.15) is 0 Å². The van der Waals surface area contributed by atoms with Gasteiger partial charge in [-0.3, -0.25) is 9.78 Å². The first kappa shape index (κ1) is 32.7. The van der Waals surface area contributed by atoms with Crippen molar-refractivity contribution >= 4 is 72.0 Å². The van der Waals surface area contributed by atoms with Gasteiger partial charge in [0.25, 0.3) is 0 Å². The van der Waals surface area contributed by atoms with Crippen LogP contribution in [0.4, 0.5) is 17.1 Å². The summed E-state index contributed by atoms with van der Waals surface area (Å²) in [6, 6.07) is 37.5. The molecule has 51 heavy (non-hydrogen) atoms. The molecule has 0 atom stereocenters. The molecule has 0 radical (unpaired) electrons. The van der Waals surface area contributed by atoms with Crippen LogP contribution in [-0.2, 0) is 4.79 Å². The number of para-hydroxylation sites is 1. The van der Waals surface area contributed by atoms with Gasteiger partial charge >= 0.3 is 0 Å². The third-order valence-corrected chi connectivity index (χ3v) is 10.3. The molecular weight excluding hydrogens is 621 g/mol. The van der Waals surface area contributed by atoms with Crippen LogP contribution in [-0.4, -0.2) is 10.8 Å². The average Bonchev–Trinajstić information content (AvgIpc) is 3.08. The van der Waals surface area contributed by atoms with Crippen molar-refractivity contribution in [3.63, 3.8) is 0 Å². The Morgan fingerprint density at radius 2 is 1.06 bits per heavy atom. The zero-order chi connectivity index (χ0) is 35.8. The summed E-state index contributed by atoms with van der Waals surface area (Å²) in [6.45, 7) is 16.9. The van der Waals surface area contributed by atoms with E-state index in [9.17, 15) is 4.79 Å². The van der Waals surface area contributed by atoms with Crippen LogP contribution in [0.1, 0.15) is 58.5 Å². The molecule has 0 N–H and O–H groups in total. The van der Waals surface area contributed by atoms with Crippen molar-refractivity contribution in [3.05, 3.63) is 149 Å². The van der Waals surface area contributed by atoms with E-state index >= 15 is 0 Å². The fraction of sp³-hybridized carbons (Fsp3) is 0.208. The molecule has 0 aliphatic heterocycles. The molecule has 7 aromatic rings. The molecule has 252 valence electrons. The van der Waals surface area contributed by atoms with Crippen LogP contribution in [0.3, 0.4) is 0 Å². The second kappa shape index (κ2) is 11.8. The van der Waals surface area contributed by atoms with E-state index in [1.165, 1.54) is 43.1 Å². The fourth-order valence-corrected chi connectivity index (χ4v) is 8.01. The van der Waals surface area contributed by atoms with Gasteiger partial charge in [0.2, 0.25) is 0 Å². The standard InChI is InChI=1S/C48H44N2O/c1-29-24-34(25-30(2)49-29)50(33-14-10-9-11-15-33)43-23-22-39-38-21-20-32(26-31-27-41(47(3,4)5)46(51)42(28-31)48(6,7)8)35-16-12-17-36(44(35)38)37-18-13-19-40(43)45(37)39/h9-28H,1-8H3. The number of ketones is 1. The van der Waals surface area contributed by atoms with Gasteiger partial charge in [-0.05, 0) is 122 Å². The van der Waals surface area contributed by atoms with E-state index in [1.54, 1.807) is 0 Å². The van der Waals surface area contributed by atoms with Crippen molar-refractivity contribution in [1.29, 1.82) is 0 Å². The Hall–Kier alpha value is -5.54. The van der Waals surface area contributed by atoms with Gasteiger partial charge in [-0.1, -0.05) is 114 Å². The van der Waals surface area contributed by atoms with Crippen molar-refractivity contribution in [2.75, 3.05) is 4.90 Å². The van der Waals surface area contributed by atoms with Crippen molar-refractivity contribution in [2.24, 2.45) is 10.8 Å². The highest BCUT2D eigenvalue weighted by atomic mass is 16.1. The number of Topliss-reactive ketones (excluding diaryl/α,β-unsaturated/α-hetero) is 1. The molecule has 0 unspecified atom stereocenters. The van der Waals surface area contributed by atoms with Crippen LogP contribution in [0.25, 0.3) is 49.2 Å². The number of aryl methyl sites for hydroxylation is 2. The van der Waals surface area contributed by atoms with Crippen molar-refractivity contribution in [1.82, 2.24) is 4.98 Å². The van der Waals surface area contributed by atoms with Crippen molar-refractivity contribution < 1.29 is 4.79 Å². The van der Waals surface area contributed by atoms with Crippen LogP contribution < -0.4 is 4.90 Å². The molecule has 0 bridgehead atoms. The first-order valence-electron chi connectivity index (χ1n) is 17.9.